The maximum atomic E-state index is 14.2. The number of nitrogens with one attached hydrogen (secondary N) is 2. The predicted octanol–water partition coefficient (Wildman–Crippen LogP) is 3.78. The van der Waals surface area contributed by atoms with Crippen LogP contribution in [-0.4, -0.2) is 47.7 Å². The number of hydrogen-bond donors (Lipinski definition) is 3. The number of carbonyl (C=O) groups excluding carboxylic acids is 2. The summed E-state index contributed by atoms with van der Waals surface area (Å²) in [7, 11) is 0. The van der Waals surface area contributed by atoms with Gasteiger partial charge in [0, 0.05) is 18.0 Å². The fraction of sp³-hybridized carbons (Fsp3) is 0.400. The number of hydrogen-bond acceptors (Lipinski definition) is 4. The third-order valence-electron chi connectivity index (χ3n) is 6.35. The molecule has 4 rings (SSSR count). The number of carbonyl (C=O) groups is 3. The van der Waals surface area contributed by atoms with Crippen molar-refractivity contribution in [2.75, 3.05) is 13.2 Å². The van der Waals surface area contributed by atoms with Gasteiger partial charge in [0.05, 0.1) is 12.3 Å². The molecule has 2 aliphatic carbocycles. The van der Waals surface area contributed by atoms with Gasteiger partial charge in [-0.05, 0) is 36.1 Å². The number of alkyl halides is 2. The van der Waals surface area contributed by atoms with Gasteiger partial charge < -0.3 is 20.5 Å². The van der Waals surface area contributed by atoms with Crippen LogP contribution in [0.2, 0.25) is 0 Å². The van der Waals surface area contributed by atoms with E-state index in [4.69, 9.17) is 9.84 Å². The molecule has 1 fully saturated rings. The number of rotatable bonds is 8. The second-order valence-corrected chi connectivity index (χ2v) is 9.41. The van der Waals surface area contributed by atoms with E-state index in [0.717, 1.165) is 22.3 Å². The van der Waals surface area contributed by atoms with E-state index in [2.05, 4.69) is 10.6 Å². The van der Waals surface area contributed by atoms with Gasteiger partial charge in [0.25, 0.3) is 5.92 Å². The standard InChI is InChI=1S/C25H26F2N2O5/c1-24(2,11-20(30)31)29-22(32)21-19(25(21,26)27)12-28-23(33)34-13-18-16-9-5-3-7-14(16)15-8-4-6-10-17(15)18/h3-10,18-19,21H,11-13H2,1-2H3,(H,28,33)(H,29,32)(H,30,31). The van der Waals surface area contributed by atoms with Crippen molar-refractivity contribution in [3.05, 3.63) is 59.7 Å². The molecule has 7 nitrogen and oxygen atoms in total. The molecule has 3 N–H and O–H groups in total. The zero-order valence-electron chi connectivity index (χ0n) is 18.8. The molecule has 2 atom stereocenters. The van der Waals surface area contributed by atoms with Crippen LogP contribution in [0.3, 0.4) is 0 Å². The summed E-state index contributed by atoms with van der Waals surface area (Å²) in [5.41, 5.74) is 3.04. The van der Waals surface area contributed by atoms with Crippen LogP contribution in [-0.2, 0) is 14.3 Å². The average Bonchev–Trinajstić information content (AvgIpc) is 3.16. The Morgan fingerprint density at radius 3 is 2.15 bits per heavy atom. The van der Waals surface area contributed by atoms with Crippen molar-refractivity contribution in [2.24, 2.45) is 11.8 Å². The number of ether oxygens (including phenoxy) is 1. The highest BCUT2D eigenvalue weighted by Crippen LogP contribution is 2.55. The zero-order valence-corrected chi connectivity index (χ0v) is 18.8. The van der Waals surface area contributed by atoms with E-state index in [1.165, 1.54) is 13.8 Å². The van der Waals surface area contributed by atoms with Crippen molar-refractivity contribution in [1.82, 2.24) is 10.6 Å². The van der Waals surface area contributed by atoms with Gasteiger partial charge in [0.2, 0.25) is 5.91 Å². The Hall–Kier alpha value is -3.49. The summed E-state index contributed by atoms with van der Waals surface area (Å²) in [6, 6.07) is 15.7. The fourth-order valence-corrected chi connectivity index (χ4v) is 4.68. The van der Waals surface area contributed by atoms with Crippen LogP contribution in [0.5, 0.6) is 0 Å². The predicted molar refractivity (Wildman–Crippen MR) is 119 cm³/mol. The van der Waals surface area contributed by atoms with Crippen LogP contribution >= 0.6 is 0 Å². The minimum absolute atomic E-state index is 0.0498. The van der Waals surface area contributed by atoms with Crippen molar-refractivity contribution in [2.45, 2.75) is 37.6 Å². The number of alkyl carbamates (subject to hydrolysis) is 1. The molecule has 9 heteroatoms. The lowest BCUT2D eigenvalue weighted by Gasteiger charge is -2.24. The molecule has 2 amide bonds. The third kappa shape index (κ3) is 4.60. The molecule has 180 valence electrons. The second kappa shape index (κ2) is 8.70. The molecular formula is C25H26F2N2O5. The lowest BCUT2D eigenvalue weighted by atomic mass is 9.98. The third-order valence-corrected chi connectivity index (χ3v) is 6.35. The van der Waals surface area contributed by atoms with Crippen LogP contribution in [0.15, 0.2) is 48.5 Å². The summed E-state index contributed by atoms with van der Waals surface area (Å²) in [4.78, 5) is 35.4. The summed E-state index contributed by atoms with van der Waals surface area (Å²) in [6.07, 6.45) is -1.24. The van der Waals surface area contributed by atoms with E-state index in [1.54, 1.807) is 0 Å². The monoisotopic (exact) mass is 472 g/mol. The highest BCUT2D eigenvalue weighted by molar-refractivity contribution is 5.85. The molecule has 34 heavy (non-hydrogen) atoms. The SMILES string of the molecule is CC(C)(CC(=O)O)NC(=O)C1C(CNC(=O)OCC2c3ccccc3-c3ccccc32)C1(F)F. The van der Waals surface area contributed by atoms with Crippen molar-refractivity contribution in [1.29, 1.82) is 0 Å². The molecule has 0 heterocycles. The summed E-state index contributed by atoms with van der Waals surface area (Å²) in [6.45, 7) is 2.52. The van der Waals surface area contributed by atoms with Crippen LogP contribution in [0, 0.1) is 11.8 Å². The van der Waals surface area contributed by atoms with Gasteiger partial charge in [-0.1, -0.05) is 48.5 Å². The van der Waals surface area contributed by atoms with Gasteiger partial charge in [0.15, 0.2) is 0 Å². The number of fused-ring (bicyclic) bond motifs is 3. The minimum Gasteiger partial charge on any atom is -0.481 e. The lowest BCUT2D eigenvalue weighted by Crippen LogP contribution is -2.46. The molecule has 2 aromatic carbocycles. The largest absolute Gasteiger partial charge is 0.481 e. The Balaban J connectivity index is 1.31. The first-order valence-corrected chi connectivity index (χ1v) is 11.0. The van der Waals surface area contributed by atoms with Crippen molar-refractivity contribution >= 4 is 18.0 Å². The first-order valence-electron chi connectivity index (χ1n) is 11.0. The molecule has 0 spiro atoms. The first-order chi connectivity index (χ1) is 16.0. The van der Waals surface area contributed by atoms with Gasteiger partial charge in [-0.25, -0.2) is 13.6 Å². The van der Waals surface area contributed by atoms with E-state index in [-0.39, 0.29) is 12.5 Å². The maximum absolute atomic E-state index is 14.2. The van der Waals surface area contributed by atoms with E-state index >= 15 is 0 Å². The molecular weight excluding hydrogens is 446 g/mol. The Bertz CT molecular complexity index is 1090. The zero-order chi connectivity index (χ0) is 24.7. The molecule has 2 unspecified atom stereocenters. The van der Waals surface area contributed by atoms with Gasteiger partial charge in [-0.3, -0.25) is 9.59 Å². The molecule has 0 aromatic heterocycles. The maximum Gasteiger partial charge on any atom is 0.407 e. The van der Waals surface area contributed by atoms with Crippen molar-refractivity contribution in [3.63, 3.8) is 0 Å². The van der Waals surface area contributed by atoms with Gasteiger partial charge in [0.1, 0.15) is 12.5 Å². The normalized spacial score (nSPS) is 20.1. The number of aliphatic carboxylic acids is 1. The van der Waals surface area contributed by atoms with Gasteiger partial charge in [-0.2, -0.15) is 0 Å². The molecule has 0 saturated heterocycles. The summed E-state index contributed by atoms with van der Waals surface area (Å²) >= 11 is 0. The molecule has 1 saturated carbocycles. The van der Waals surface area contributed by atoms with E-state index in [9.17, 15) is 23.2 Å². The highest BCUT2D eigenvalue weighted by atomic mass is 19.3. The van der Waals surface area contributed by atoms with Gasteiger partial charge in [-0.15, -0.1) is 0 Å². The van der Waals surface area contributed by atoms with Crippen LogP contribution in [0.25, 0.3) is 11.1 Å². The van der Waals surface area contributed by atoms with E-state index in [0.29, 0.717) is 0 Å². The smallest absolute Gasteiger partial charge is 0.407 e. The Morgan fingerprint density at radius 2 is 1.59 bits per heavy atom. The van der Waals surface area contributed by atoms with E-state index < -0.39 is 54.2 Å². The highest BCUT2D eigenvalue weighted by Gasteiger charge is 2.71. The van der Waals surface area contributed by atoms with Crippen molar-refractivity contribution < 1.29 is 33.0 Å². The Kier molecular flexibility index (Phi) is 6.05. The molecule has 0 aliphatic heterocycles. The first kappa shape index (κ1) is 23.7. The Morgan fingerprint density at radius 1 is 1.03 bits per heavy atom. The Labute approximate surface area is 195 Å². The quantitative estimate of drug-likeness (QED) is 0.543. The average molecular weight is 472 g/mol. The lowest BCUT2D eigenvalue weighted by molar-refractivity contribution is -0.138. The summed E-state index contributed by atoms with van der Waals surface area (Å²) in [5, 5.41) is 13.6. The van der Waals surface area contributed by atoms with Crippen LogP contribution < -0.4 is 10.6 Å². The molecule has 0 bridgehead atoms. The number of benzene rings is 2. The number of carboxylic acids is 1. The molecule has 2 aromatic rings. The second-order valence-electron chi connectivity index (χ2n) is 9.41. The van der Waals surface area contributed by atoms with Crippen molar-refractivity contribution in [3.8, 4) is 11.1 Å². The number of halogens is 2. The fourth-order valence-electron chi connectivity index (χ4n) is 4.68. The van der Waals surface area contributed by atoms with E-state index in [1.807, 2.05) is 48.5 Å². The summed E-state index contributed by atoms with van der Waals surface area (Å²) < 4.78 is 33.7. The molecule has 2 aliphatic rings. The summed E-state index contributed by atoms with van der Waals surface area (Å²) in [5.74, 6) is -8.55. The van der Waals surface area contributed by atoms with Gasteiger partial charge >= 0.3 is 12.1 Å². The van der Waals surface area contributed by atoms with Crippen LogP contribution in [0.4, 0.5) is 13.6 Å². The number of carboxylic acid groups (broad SMARTS) is 1. The van der Waals surface area contributed by atoms with Crippen LogP contribution in [0.1, 0.15) is 37.3 Å². The minimum atomic E-state index is -3.29. The topological polar surface area (TPSA) is 105 Å². The number of amides is 2. The molecule has 0 radical (unpaired) electrons.